The third kappa shape index (κ3) is 9.10. The molecule has 14 nitrogen and oxygen atoms in total. The zero-order valence-electron chi connectivity index (χ0n) is 24.9. The molecular formula is C28H38N6O8S2. The summed E-state index contributed by atoms with van der Waals surface area (Å²) in [5.41, 5.74) is 1.64. The van der Waals surface area contributed by atoms with E-state index in [2.05, 4.69) is 10.2 Å². The van der Waals surface area contributed by atoms with E-state index >= 15 is 0 Å². The van der Waals surface area contributed by atoms with E-state index in [9.17, 15) is 21.9 Å². The SMILES string of the molecule is COc1ccc(CN(Cc2ccc(OC)cc2)S(=O)(=O)c2ccn([C@@H](C)CO)n2)cc1.C[C@@H](CO)n1ccc(S(N)(=O)=O)n1. The zero-order chi connectivity index (χ0) is 32.5. The summed E-state index contributed by atoms with van der Waals surface area (Å²) in [6.07, 6.45) is 3.02. The van der Waals surface area contributed by atoms with Gasteiger partial charge in [0.1, 0.15) is 11.5 Å². The molecular weight excluding hydrogens is 612 g/mol. The van der Waals surface area contributed by atoms with Crippen LogP contribution in [0.25, 0.3) is 0 Å². The number of hydrogen-bond acceptors (Lipinski definition) is 10. The topological polar surface area (TPSA) is 192 Å². The maximum Gasteiger partial charge on any atom is 0.262 e. The first-order valence-electron chi connectivity index (χ1n) is 13.4. The van der Waals surface area contributed by atoms with Gasteiger partial charge in [-0.05, 0) is 61.4 Å². The molecule has 4 rings (SSSR count). The average molecular weight is 651 g/mol. The van der Waals surface area contributed by atoms with Gasteiger partial charge in [0.25, 0.3) is 20.0 Å². The smallest absolute Gasteiger partial charge is 0.262 e. The molecule has 2 atom stereocenters. The summed E-state index contributed by atoms with van der Waals surface area (Å²) in [6, 6.07) is 16.7. The maximum atomic E-state index is 13.4. The molecule has 4 aromatic rings. The highest BCUT2D eigenvalue weighted by molar-refractivity contribution is 7.89. The molecule has 44 heavy (non-hydrogen) atoms. The van der Waals surface area contributed by atoms with Gasteiger partial charge in [-0.25, -0.2) is 22.0 Å². The van der Waals surface area contributed by atoms with Gasteiger partial charge in [0, 0.05) is 25.5 Å². The fourth-order valence-corrected chi connectivity index (χ4v) is 5.61. The Morgan fingerprint density at radius 1 is 0.727 bits per heavy atom. The Hall–Kier alpha value is -3.80. The number of nitrogens with zero attached hydrogens (tertiary/aromatic N) is 5. The maximum absolute atomic E-state index is 13.4. The van der Waals surface area contributed by atoms with E-state index < -0.39 is 20.0 Å². The van der Waals surface area contributed by atoms with Gasteiger partial charge in [0.05, 0.1) is 39.5 Å². The molecule has 0 bridgehead atoms. The number of sulfonamides is 2. The predicted molar refractivity (Wildman–Crippen MR) is 162 cm³/mol. The van der Waals surface area contributed by atoms with Crippen molar-refractivity contribution in [1.82, 2.24) is 23.9 Å². The second-order valence-corrected chi connectivity index (χ2v) is 13.2. The zero-order valence-corrected chi connectivity index (χ0v) is 26.5. The van der Waals surface area contributed by atoms with Crippen LogP contribution in [0.3, 0.4) is 0 Å². The minimum Gasteiger partial charge on any atom is -0.497 e. The Kier molecular flexibility index (Phi) is 12.0. The number of aromatic nitrogens is 4. The Morgan fingerprint density at radius 2 is 1.11 bits per heavy atom. The second kappa shape index (κ2) is 15.3. The van der Waals surface area contributed by atoms with Gasteiger partial charge in [-0.2, -0.15) is 14.5 Å². The Labute approximate surface area is 257 Å². The van der Waals surface area contributed by atoms with Crippen LogP contribution >= 0.6 is 0 Å². The molecule has 16 heteroatoms. The first-order chi connectivity index (χ1) is 20.8. The van der Waals surface area contributed by atoms with Crippen molar-refractivity contribution in [3.63, 3.8) is 0 Å². The van der Waals surface area contributed by atoms with Gasteiger partial charge in [-0.15, -0.1) is 0 Å². The van der Waals surface area contributed by atoms with E-state index in [0.717, 1.165) is 11.1 Å². The lowest BCUT2D eigenvalue weighted by Gasteiger charge is -2.22. The van der Waals surface area contributed by atoms with Crippen molar-refractivity contribution in [2.75, 3.05) is 27.4 Å². The Morgan fingerprint density at radius 3 is 1.45 bits per heavy atom. The molecule has 0 aliphatic carbocycles. The van der Waals surface area contributed by atoms with E-state index in [-0.39, 0.29) is 48.4 Å². The normalized spacial score (nSPS) is 13.2. The number of hydrogen-bond donors (Lipinski definition) is 3. The van der Waals surface area contributed by atoms with Gasteiger partial charge in [-0.3, -0.25) is 9.36 Å². The summed E-state index contributed by atoms with van der Waals surface area (Å²) < 4.78 is 63.0. The molecule has 240 valence electrons. The largest absolute Gasteiger partial charge is 0.497 e. The molecule has 2 aromatic heterocycles. The van der Waals surface area contributed by atoms with Gasteiger partial charge >= 0.3 is 0 Å². The molecule has 0 saturated carbocycles. The third-order valence-corrected chi connectivity index (χ3v) is 9.02. The lowest BCUT2D eigenvalue weighted by Crippen LogP contribution is -2.31. The summed E-state index contributed by atoms with van der Waals surface area (Å²) in [4.78, 5) is 0. The summed E-state index contributed by atoms with van der Waals surface area (Å²) in [6.45, 7) is 3.56. The molecule has 0 unspecified atom stereocenters. The van der Waals surface area contributed by atoms with Crippen LogP contribution in [-0.2, 0) is 33.1 Å². The standard InChI is InChI=1S/C22H27N3O5S.C6H11N3O3S/c1-17(16-26)25-13-12-22(23-25)31(27,28)24(14-18-4-8-20(29-2)9-5-18)15-19-6-10-21(30-3)11-7-19;1-5(4-10)9-3-2-6(8-9)13(7,11)12/h4-13,17,26H,14-16H2,1-3H3;2-3,5,10H,4H2,1H3,(H2,7,11,12)/t17-;5-/m00/s1. The van der Waals surface area contributed by atoms with Crippen LogP contribution in [0, 0.1) is 0 Å². The quantitative estimate of drug-likeness (QED) is 0.193. The first-order valence-corrected chi connectivity index (χ1v) is 16.4. The Bertz CT molecular complexity index is 1640. The van der Waals surface area contributed by atoms with Crippen LogP contribution < -0.4 is 14.6 Å². The second-order valence-electron chi connectivity index (χ2n) is 9.85. The molecule has 0 aliphatic heterocycles. The molecule has 0 aliphatic rings. The van der Waals surface area contributed by atoms with Crippen molar-refractivity contribution in [2.24, 2.45) is 5.14 Å². The summed E-state index contributed by atoms with van der Waals surface area (Å²) >= 11 is 0. The highest BCUT2D eigenvalue weighted by Crippen LogP contribution is 2.23. The van der Waals surface area contributed by atoms with Gasteiger partial charge in [0.2, 0.25) is 0 Å². The highest BCUT2D eigenvalue weighted by Gasteiger charge is 2.28. The van der Waals surface area contributed by atoms with E-state index in [1.165, 1.54) is 32.0 Å². The number of benzene rings is 2. The fraction of sp³-hybridized carbons (Fsp3) is 0.357. The molecule has 0 fully saturated rings. The van der Waals surface area contributed by atoms with Crippen LogP contribution in [0.5, 0.6) is 11.5 Å². The number of methoxy groups -OCH3 is 2. The highest BCUT2D eigenvalue weighted by atomic mass is 32.2. The molecule has 0 amide bonds. The van der Waals surface area contributed by atoms with Gasteiger partial charge in [-0.1, -0.05) is 24.3 Å². The van der Waals surface area contributed by atoms with E-state index in [0.29, 0.717) is 11.5 Å². The molecule has 0 spiro atoms. The lowest BCUT2D eigenvalue weighted by atomic mass is 10.2. The van der Waals surface area contributed by atoms with Crippen LogP contribution in [0.2, 0.25) is 0 Å². The number of aliphatic hydroxyl groups excluding tert-OH is 2. The van der Waals surface area contributed by atoms with Crippen LogP contribution in [0.15, 0.2) is 83.1 Å². The molecule has 2 aromatic carbocycles. The van der Waals surface area contributed by atoms with Crippen molar-refractivity contribution in [1.29, 1.82) is 0 Å². The number of rotatable bonds is 13. The number of ether oxygens (including phenoxy) is 2. The summed E-state index contributed by atoms with van der Waals surface area (Å²) in [5, 5.41) is 30.6. The van der Waals surface area contributed by atoms with Crippen molar-refractivity contribution >= 4 is 20.0 Å². The minimum absolute atomic E-state index is 0.0603. The van der Waals surface area contributed by atoms with Gasteiger partial charge in [0.15, 0.2) is 10.1 Å². The van der Waals surface area contributed by atoms with Crippen molar-refractivity contribution in [3.05, 3.63) is 84.2 Å². The van der Waals surface area contributed by atoms with E-state index in [1.54, 1.807) is 58.5 Å². The molecule has 0 saturated heterocycles. The number of aliphatic hydroxyl groups is 2. The van der Waals surface area contributed by atoms with Crippen molar-refractivity contribution in [2.45, 2.75) is 49.1 Å². The van der Waals surface area contributed by atoms with Crippen LogP contribution in [0.4, 0.5) is 0 Å². The minimum atomic E-state index is -3.89. The third-order valence-electron chi connectivity index (χ3n) is 6.53. The van der Waals surface area contributed by atoms with Crippen LogP contribution in [-0.4, -0.2) is 78.3 Å². The van der Waals surface area contributed by atoms with E-state index in [4.69, 9.17) is 19.7 Å². The van der Waals surface area contributed by atoms with Crippen molar-refractivity contribution < 1.29 is 36.5 Å². The number of primary sulfonamides is 1. The monoisotopic (exact) mass is 650 g/mol. The molecule has 0 radical (unpaired) electrons. The van der Waals surface area contributed by atoms with E-state index in [1.807, 2.05) is 24.3 Å². The van der Waals surface area contributed by atoms with Crippen molar-refractivity contribution in [3.8, 4) is 11.5 Å². The van der Waals surface area contributed by atoms with Crippen LogP contribution in [0.1, 0.15) is 37.1 Å². The summed E-state index contributed by atoms with van der Waals surface area (Å²) in [5.74, 6) is 1.40. The summed E-state index contributed by atoms with van der Waals surface area (Å²) in [7, 11) is -4.46. The first kappa shape index (κ1) is 34.7. The Balaban J connectivity index is 0.000000340. The average Bonchev–Trinajstić information content (AvgIpc) is 3.73. The molecule has 4 N–H and O–H groups in total. The van der Waals surface area contributed by atoms with Gasteiger partial charge < -0.3 is 19.7 Å². The molecule has 2 heterocycles. The lowest BCUT2D eigenvalue weighted by molar-refractivity contribution is 0.228. The fourth-order valence-electron chi connectivity index (χ4n) is 3.82. The predicted octanol–water partition coefficient (Wildman–Crippen LogP) is 1.93. The number of nitrogens with two attached hydrogens (primary N) is 1.